The van der Waals surface area contributed by atoms with Crippen molar-refractivity contribution in [2.24, 2.45) is 5.92 Å². The summed E-state index contributed by atoms with van der Waals surface area (Å²) in [6.45, 7) is 6.89. The summed E-state index contributed by atoms with van der Waals surface area (Å²) in [5, 5.41) is 4.30. The Kier molecular flexibility index (Phi) is 6.50. The largest absolute Gasteiger partial charge is 0.311 e. The molecule has 1 aliphatic heterocycles. The van der Waals surface area contributed by atoms with Crippen LogP contribution < -0.4 is 5.32 Å². The van der Waals surface area contributed by atoms with Crippen molar-refractivity contribution in [1.29, 1.82) is 0 Å². The Bertz CT molecular complexity index is 316. The molecular formula is C16H32N2OS. The van der Waals surface area contributed by atoms with Crippen LogP contribution in [0.5, 0.6) is 0 Å². The summed E-state index contributed by atoms with van der Waals surface area (Å²) in [5.41, 5.74) is 0. The molecule has 1 N–H and O–H groups in total. The highest BCUT2D eigenvalue weighted by Crippen LogP contribution is 2.26. The van der Waals surface area contributed by atoms with E-state index in [2.05, 4.69) is 24.2 Å². The van der Waals surface area contributed by atoms with Gasteiger partial charge in [0.25, 0.3) is 0 Å². The molecule has 2 fully saturated rings. The highest BCUT2D eigenvalue weighted by atomic mass is 32.2. The van der Waals surface area contributed by atoms with Gasteiger partial charge in [0.2, 0.25) is 0 Å². The maximum Gasteiger partial charge on any atom is 0.0362 e. The minimum atomic E-state index is -0.605. The van der Waals surface area contributed by atoms with Crippen LogP contribution in [0.25, 0.3) is 0 Å². The minimum absolute atomic E-state index is 0.441. The lowest BCUT2D eigenvalue weighted by Crippen LogP contribution is -2.47. The molecule has 1 heterocycles. The molecule has 0 aromatic rings. The lowest BCUT2D eigenvalue weighted by atomic mass is 9.88. The zero-order chi connectivity index (χ0) is 14.5. The molecule has 20 heavy (non-hydrogen) atoms. The van der Waals surface area contributed by atoms with Crippen LogP contribution in [0.1, 0.15) is 52.4 Å². The summed E-state index contributed by atoms with van der Waals surface area (Å²) in [5.74, 6) is 1.64. The van der Waals surface area contributed by atoms with E-state index in [9.17, 15) is 4.21 Å². The van der Waals surface area contributed by atoms with Crippen molar-refractivity contribution in [3.05, 3.63) is 0 Å². The summed E-state index contributed by atoms with van der Waals surface area (Å²) in [6, 6.07) is 1.21. The third-order valence-electron chi connectivity index (χ3n) is 5.25. The van der Waals surface area contributed by atoms with Crippen LogP contribution in [0.4, 0.5) is 0 Å². The van der Waals surface area contributed by atoms with Crippen LogP contribution in [0.3, 0.4) is 0 Å². The fourth-order valence-corrected chi connectivity index (χ4v) is 5.16. The highest BCUT2D eigenvalue weighted by Gasteiger charge is 2.29. The zero-order valence-corrected chi connectivity index (χ0v) is 14.3. The third-order valence-corrected chi connectivity index (χ3v) is 6.99. The average molecular weight is 301 g/mol. The summed E-state index contributed by atoms with van der Waals surface area (Å²) in [4.78, 5) is 2.43. The summed E-state index contributed by atoms with van der Waals surface area (Å²) < 4.78 is 12.0. The Morgan fingerprint density at radius 2 is 1.95 bits per heavy atom. The van der Waals surface area contributed by atoms with Gasteiger partial charge in [0, 0.05) is 33.9 Å². The first-order chi connectivity index (χ1) is 9.60. The predicted octanol–water partition coefficient (Wildman–Crippen LogP) is 2.39. The van der Waals surface area contributed by atoms with Gasteiger partial charge >= 0.3 is 0 Å². The zero-order valence-electron chi connectivity index (χ0n) is 13.4. The van der Waals surface area contributed by atoms with Crippen LogP contribution in [0.15, 0.2) is 0 Å². The predicted molar refractivity (Wildman–Crippen MR) is 87.5 cm³/mol. The van der Waals surface area contributed by atoms with Crippen molar-refractivity contribution in [3.8, 4) is 0 Å². The molecule has 2 rings (SSSR count). The maximum atomic E-state index is 12.0. The fourth-order valence-electron chi connectivity index (χ4n) is 3.81. The molecule has 3 nitrogen and oxygen atoms in total. The second-order valence-corrected chi connectivity index (χ2v) is 8.76. The van der Waals surface area contributed by atoms with E-state index in [4.69, 9.17) is 0 Å². The molecule has 0 amide bonds. The number of hydrogen-bond donors (Lipinski definition) is 1. The molecular weight excluding hydrogens is 268 g/mol. The van der Waals surface area contributed by atoms with Crippen molar-refractivity contribution in [3.63, 3.8) is 0 Å². The van der Waals surface area contributed by atoms with E-state index in [-0.39, 0.29) is 0 Å². The van der Waals surface area contributed by atoms with Gasteiger partial charge in [0.1, 0.15) is 0 Å². The van der Waals surface area contributed by atoms with Crippen molar-refractivity contribution < 1.29 is 4.21 Å². The first-order valence-electron chi connectivity index (χ1n) is 8.42. The van der Waals surface area contributed by atoms with Gasteiger partial charge in [-0.25, -0.2) is 0 Å². The first-order valence-corrected chi connectivity index (χ1v) is 9.80. The van der Waals surface area contributed by atoms with Crippen LogP contribution >= 0.6 is 0 Å². The second-order valence-electron chi connectivity index (χ2n) is 6.75. The Morgan fingerprint density at radius 1 is 1.25 bits per heavy atom. The molecule has 4 unspecified atom stereocenters. The van der Waals surface area contributed by atoms with Gasteiger partial charge in [-0.15, -0.1) is 0 Å². The number of hydrogen-bond acceptors (Lipinski definition) is 3. The topological polar surface area (TPSA) is 32.3 Å². The molecule has 1 saturated heterocycles. The molecule has 1 saturated carbocycles. The van der Waals surface area contributed by atoms with Crippen LogP contribution in [0.2, 0.25) is 0 Å². The van der Waals surface area contributed by atoms with Gasteiger partial charge in [-0.1, -0.05) is 13.3 Å². The average Bonchev–Trinajstić information content (AvgIpc) is 2.47. The van der Waals surface area contributed by atoms with Gasteiger partial charge < -0.3 is 10.2 Å². The van der Waals surface area contributed by atoms with Gasteiger partial charge in [0.05, 0.1) is 0 Å². The van der Waals surface area contributed by atoms with Gasteiger partial charge in [-0.05, 0) is 65.1 Å². The molecule has 0 aromatic heterocycles. The lowest BCUT2D eigenvalue weighted by Gasteiger charge is -2.37. The molecule has 0 radical (unpaired) electrons. The Labute approximate surface area is 127 Å². The molecule has 0 aromatic carbocycles. The smallest absolute Gasteiger partial charge is 0.0362 e. The lowest BCUT2D eigenvalue weighted by molar-refractivity contribution is 0.178. The first kappa shape index (κ1) is 16.4. The molecule has 4 heteroatoms. The van der Waals surface area contributed by atoms with E-state index in [1.165, 1.54) is 45.2 Å². The number of piperidine rings is 1. The van der Waals surface area contributed by atoms with E-state index >= 15 is 0 Å². The maximum absolute atomic E-state index is 12.0. The van der Waals surface area contributed by atoms with Crippen molar-refractivity contribution >= 4 is 10.8 Å². The second kappa shape index (κ2) is 7.90. The van der Waals surface area contributed by atoms with Gasteiger partial charge in [-0.3, -0.25) is 4.21 Å². The monoisotopic (exact) mass is 300 g/mol. The molecule has 0 spiro atoms. The van der Waals surface area contributed by atoms with E-state index in [1.807, 2.05) is 6.92 Å². The SMILES string of the molecule is CCS(=O)C1CCCC(NC(C)C2CCN(C)CC2)C1. The summed E-state index contributed by atoms with van der Waals surface area (Å²) in [6.07, 6.45) is 7.45. The highest BCUT2D eigenvalue weighted by molar-refractivity contribution is 7.85. The van der Waals surface area contributed by atoms with E-state index in [0.717, 1.165) is 18.1 Å². The molecule has 118 valence electrons. The van der Waals surface area contributed by atoms with Crippen LogP contribution in [-0.2, 0) is 10.8 Å². The normalized spacial score (nSPS) is 33.0. The molecule has 1 aliphatic carbocycles. The van der Waals surface area contributed by atoms with Crippen LogP contribution in [0, 0.1) is 5.92 Å². The minimum Gasteiger partial charge on any atom is -0.311 e. The number of nitrogens with zero attached hydrogens (tertiary/aromatic N) is 1. The van der Waals surface area contributed by atoms with Crippen molar-refractivity contribution in [2.45, 2.75) is 69.7 Å². The number of nitrogens with one attached hydrogen (secondary N) is 1. The van der Waals surface area contributed by atoms with E-state index in [1.54, 1.807) is 0 Å². The van der Waals surface area contributed by atoms with E-state index in [0.29, 0.717) is 17.3 Å². The molecule has 0 bridgehead atoms. The standard InChI is InChI=1S/C16H32N2OS/c1-4-20(19)16-7-5-6-15(12-16)17-13(2)14-8-10-18(3)11-9-14/h13-17H,4-12H2,1-3H3. The number of rotatable bonds is 5. The van der Waals surface area contributed by atoms with Crippen molar-refractivity contribution in [1.82, 2.24) is 10.2 Å². The van der Waals surface area contributed by atoms with Crippen molar-refractivity contribution in [2.75, 3.05) is 25.9 Å². The quantitative estimate of drug-likeness (QED) is 0.846. The van der Waals surface area contributed by atoms with E-state index < -0.39 is 10.8 Å². The molecule has 4 atom stereocenters. The van der Waals surface area contributed by atoms with Crippen LogP contribution in [-0.4, -0.2) is 52.3 Å². The van der Waals surface area contributed by atoms with Gasteiger partial charge in [0.15, 0.2) is 0 Å². The third kappa shape index (κ3) is 4.54. The number of likely N-dealkylation sites (tertiary alicyclic amines) is 1. The fraction of sp³-hybridized carbons (Fsp3) is 1.00. The Morgan fingerprint density at radius 3 is 2.60 bits per heavy atom. The van der Waals surface area contributed by atoms with Gasteiger partial charge in [-0.2, -0.15) is 0 Å². The Hall–Kier alpha value is 0.0700. The molecule has 2 aliphatic rings. The Balaban J connectivity index is 1.78. The summed E-state index contributed by atoms with van der Waals surface area (Å²) in [7, 11) is 1.62. The summed E-state index contributed by atoms with van der Waals surface area (Å²) >= 11 is 0.